The number of rotatable bonds is 5. The van der Waals surface area contributed by atoms with Gasteiger partial charge in [-0.05, 0) is 41.3 Å². The highest BCUT2D eigenvalue weighted by atomic mass is 16.5. The molecule has 0 radical (unpaired) electrons. The van der Waals surface area contributed by atoms with Crippen LogP contribution in [0.5, 0.6) is 0 Å². The van der Waals surface area contributed by atoms with E-state index in [9.17, 15) is 14.4 Å². The van der Waals surface area contributed by atoms with Crippen LogP contribution in [0.4, 0.5) is 5.69 Å². The van der Waals surface area contributed by atoms with Crippen molar-refractivity contribution in [3.8, 4) is 0 Å². The molecule has 7 heteroatoms. The largest absolute Gasteiger partial charge is 0.465 e. The number of ether oxygens (including phenoxy) is 1. The van der Waals surface area contributed by atoms with Gasteiger partial charge < -0.3 is 10.1 Å². The summed E-state index contributed by atoms with van der Waals surface area (Å²) >= 11 is 0. The molecule has 2 aromatic carbocycles. The Hall–Kier alpha value is -3.48. The molecular weight excluding hydrogens is 346 g/mol. The number of carbonyl (C=O) groups is 3. The highest BCUT2D eigenvalue weighted by Crippen LogP contribution is 2.17. The lowest BCUT2D eigenvalue weighted by Gasteiger charge is -2.07. The number of esters is 1. The van der Waals surface area contributed by atoms with Crippen LogP contribution in [0.3, 0.4) is 0 Å². The number of hydrazone groups is 1. The minimum Gasteiger partial charge on any atom is -0.465 e. The van der Waals surface area contributed by atoms with Gasteiger partial charge in [0.2, 0.25) is 0 Å². The zero-order valence-corrected chi connectivity index (χ0v) is 15.4. The Kier molecular flexibility index (Phi) is 6.82. The molecule has 7 nitrogen and oxygen atoms in total. The predicted molar refractivity (Wildman–Crippen MR) is 103 cm³/mol. The quantitative estimate of drug-likeness (QED) is 0.367. The molecule has 0 aliphatic carbocycles. The third-order valence-electron chi connectivity index (χ3n) is 3.75. The highest BCUT2D eigenvalue weighted by molar-refractivity contribution is 6.39. The van der Waals surface area contributed by atoms with Gasteiger partial charge in [0.15, 0.2) is 0 Å². The molecule has 0 atom stereocenters. The summed E-state index contributed by atoms with van der Waals surface area (Å²) < 4.78 is 4.61. The molecule has 0 unspecified atom stereocenters. The fourth-order valence-corrected chi connectivity index (χ4v) is 2.18. The second-order valence-electron chi connectivity index (χ2n) is 6.04. The van der Waals surface area contributed by atoms with Crippen LogP contribution >= 0.6 is 0 Å². The molecule has 2 rings (SSSR count). The Morgan fingerprint density at radius 2 is 1.59 bits per heavy atom. The van der Waals surface area contributed by atoms with Gasteiger partial charge in [0.05, 0.1) is 18.9 Å². The van der Waals surface area contributed by atoms with Gasteiger partial charge in [0.1, 0.15) is 0 Å². The summed E-state index contributed by atoms with van der Waals surface area (Å²) in [6.07, 6.45) is 1.36. The molecule has 0 bridgehead atoms. The maximum absolute atomic E-state index is 11.9. The van der Waals surface area contributed by atoms with Crippen molar-refractivity contribution in [1.29, 1.82) is 0 Å². The first-order valence-corrected chi connectivity index (χ1v) is 8.33. The number of benzene rings is 2. The van der Waals surface area contributed by atoms with E-state index in [0.29, 0.717) is 22.7 Å². The van der Waals surface area contributed by atoms with Crippen LogP contribution in [0.2, 0.25) is 0 Å². The second-order valence-corrected chi connectivity index (χ2v) is 6.04. The number of nitrogens with one attached hydrogen (secondary N) is 2. The molecule has 2 aromatic rings. The van der Waals surface area contributed by atoms with Gasteiger partial charge in [-0.3, -0.25) is 9.59 Å². The zero-order chi connectivity index (χ0) is 19.8. The molecule has 27 heavy (non-hydrogen) atoms. The van der Waals surface area contributed by atoms with E-state index < -0.39 is 17.8 Å². The van der Waals surface area contributed by atoms with E-state index in [1.54, 1.807) is 36.4 Å². The average molecular weight is 367 g/mol. The summed E-state index contributed by atoms with van der Waals surface area (Å²) in [5.41, 5.74) is 4.88. The van der Waals surface area contributed by atoms with Crippen molar-refractivity contribution in [2.45, 2.75) is 19.8 Å². The van der Waals surface area contributed by atoms with Crippen molar-refractivity contribution in [2.75, 3.05) is 12.4 Å². The van der Waals surface area contributed by atoms with Gasteiger partial charge in [-0.1, -0.05) is 38.1 Å². The Bertz CT molecular complexity index is 841. The lowest BCUT2D eigenvalue weighted by Crippen LogP contribution is -2.32. The van der Waals surface area contributed by atoms with Crippen LogP contribution in [0.15, 0.2) is 53.6 Å². The van der Waals surface area contributed by atoms with Crippen molar-refractivity contribution in [2.24, 2.45) is 5.10 Å². The van der Waals surface area contributed by atoms with Gasteiger partial charge in [-0.25, -0.2) is 10.2 Å². The summed E-state index contributed by atoms with van der Waals surface area (Å²) in [7, 11) is 1.30. The van der Waals surface area contributed by atoms with E-state index >= 15 is 0 Å². The number of amides is 2. The topological polar surface area (TPSA) is 96.9 Å². The Morgan fingerprint density at radius 1 is 0.963 bits per heavy atom. The molecule has 0 heterocycles. The Morgan fingerprint density at radius 3 is 2.15 bits per heavy atom. The first-order valence-electron chi connectivity index (χ1n) is 8.33. The van der Waals surface area contributed by atoms with Gasteiger partial charge in [0.25, 0.3) is 0 Å². The van der Waals surface area contributed by atoms with Crippen molar-refractivity contribution >= 4 is 29.7 Å². The first-order chi connectivity index (χ1) is 12.9. The van der Waals surface area contributed by atoms with Gasteiger partial charge >= 0.3 is 17.8 Å². The lowest BCUT2D eigenvalue weighted by atomic mass is 10.0. The molecule has 140 valence electrons. The Balaban J connectivity index is 1.87. The molecule has 0 spiro atoms. The average Bonchev–Trinajstić information content (AvgIpc) is 2.68. The molecular formula is C20H21N3O4. The van der Waals surface area contributed by atoms with Crippen LogP contribution in [0.1, 0.15) is 41.3 Å². The van der Waals surface area contributed by atoms with Crippen LogP contribution in [0, 0.1) is 0 Å². The van der Waals surface area contributed by atoms with E-state index in [1.165, 1.54) is 13.3 Å². The monoisotopic (exact) mass is 367 g/mol. The number of methoxy groups -OCH3 is 1. The van der Waals surface area contributed by atoms with E-state index in [-0.39, 0.29) is 0 Å². The molecule has 0 aliphatic heterocycles. The van der Waals surface area contributed by atoms with E-state index in [2.05, 4.69) is 34.4 Å². The summed E-state index contributed by atoms with van der Waals surface area (Å²) in [5.74, 6) is -1.75. The van der Waals surface area contributed by atoms with Crippen molar-refractivity contribution in [3.63, 3.8) is 0 Å². The SMILES string of the molecule is COC(=O)c1ccc(C=NNC(=O)C(=O)Nc2ccc(C(C)C)cc2)cc1. The summed E-state index contributed by atoms with van der Waals surface area (Å²) in [6.45, 7) is 4.14. The van der Waals surface area contributed by atoms with Gasteiger partial charge in [-0.15, -0.1) is 0 Å². The standard InChI is InChI=1S/C20H21N3O4/c1-13(2)15-8-10-17(11-9-15)22-18(24)19(25)23-21-12-14-4-6-16(7-5-14)20(26)27-3/h4-13H,1-3H3,(H,22,24)(H,23,25). The molecule has 0 saturated heterocycles. The minimum atomic E-state index is -0.884. The molecule has 2 N–H and O–H groups in total. The second kappa shape index (κ2) is 9.28. The highest BCUT2D eigenvalue weighted by Gasteiger charge is 2.13. The van der Waals surface area contributed by atoms with E-state index in [1.807, 2.05) is 12.1 Å². The number of hydrogen-bond donors (Lipinski definition) is 2. The molecule has 0 aliphatic rings. The summed E-state index contributed by atoms with van der Waals surface area (Å²) in [4.78, 5) is 35.0. The fraction of sp³-hybridized carbons (Fsp3) is 0.200. The number of nitrogens with zero attached hydrogens (tertiary/aromatic N) is 1. The number of anilines is 1. The maximum atomic E-state index is 11.9. The van der Waals surface area contributed by atoms with E-state index in [4.69, 9.17) is 0 Å². The normalized spacial score (nSPS) is 10.7. The number of carbonyl (C=O) groups excluding carboxylic acids is 3. The summed E-state index contributed by atoms with van der Waals surface area (Å²) in [5, 5.41) is 6.24. The zero-order valence-electron chi connectivity index (χ0n) is 15.4. The maximum Gasteiger partial charge on any atom is 0.337 e. The fourth-order valence-electron chi connectivity index (χ4n) is 2.18. The molecule has 0 fully saturated rings. The third kappa shape index (κ3) is 5.78. The molecule has 2 amide bonds. The van der Waals surface area contributed by atoms with Crippen LogP contribution in [-0.4, -0.2) is 31.1 Å². The minimum absolute atomic E-state index is 0.383. The van der Waals surface area contributed by atoms with Crippen molar-refractivity contribution < 1.29 is 19.1 Å². The Labute approximate surface area is 157 Å². The molecule has 0 aromatic heterocycles. The van der Waals surface area contributed by atoms with Gasteiger partial charge in [-0.2, -0.15) is 5.10 Å². The van der Waals surface area contributed by atoms with Crippen LogP contribution < -0.4 is 10.7 Å². The molecule has 0 saturated carbocycles. The third-order valence-corrected chi connectivity index (χ3v) is 3.75. The smallest absolute Gasteiger partial charge is 0.337 e. The first kappa shape index (κ1) is 19.8. The predicted octanol–water partition coefficient (Wildman–Crippen LogP) is 2.69. The van der Waals surface area contributed by atoms with Crippen LogP contribution in [0.25, 0.3) is 0 Å². The van der Waals surface area contributed by atoms with Crippen molar-refractivity contribution in [1.82, 2.24) is 5.43 Å². The number of hydrogen-bond acceptors (Lipinski definition) is 5. The van der Waals surface area contributed by atoms with Crippen LogP contribution in [-0.2, 0) is 14.3 Å². The van der Waals surface area contributed by atoms with Crippen molar-refractivity contribution in [3.05, 3.63) is 65.2 Å². The van der Waals surface area contributed by atoms with E-state index in [0.717, 1.165) is 5.56 Å². The summed E-state index contributed by atoms with van der Waals surface area (Å²) in [6, 6.07) is 13.7. The van der Waals surface area contributed by atoms with Gasteiger partial charge in [0, 0.05) is 5.69 Å². The lowest BCUT2D eigenvalue weighted by molar-refractivity contribution is -0.136.